The number of oxazole rings is 1. The lowest BCUT2D eigenvalue weighted by Crippen LogP contribution is -2.45. The molecule has 1 amide bonds. The molecule has 0 atom stereocenters. The Kier molecular flexibility index (Phi) is 5.90. The van der Waals surface area contributed by atoms with Crippen LogP contribution in [0.3, 0.4) is 0 Å². The summed E-state index contributed by atoms with van der Waals surface area (Å²) in [6.45, 7) is 8.62. The highest BCUT2D eigenvalue weighted by Crippen LogP contribution is 2.44. The minimum absolute atomic E-state index is 0.0889. The smallest absolute Gasteiger partial charge is 0.256 e. The molecule has 0 bridgehead atoms. The summed E-state index contributed by atoms with van der Waals surface area (Å²) in [5.74, 6) is 1.52. The first kappa shape index (κ1) is 24.9. The van der Waals surface area contributed by atoms with Crippen LogP contribution in [0.5, 0.6) is 0 Å². The molecule has 1 fully saturated rings. The van der Waals surface area contributed by atoms with Gasteiger partial charge in [0, 0.05) is 35.2 Å². The molecule has 0 N–H and O–H groups in total. The highest BCUT2D eigenvalue weighted by Gasteiger charge is 2.43. The van der Waals surface area contributed by atoms with Crippen LogP contribution in [0, 0.1) is 20.8 Å². The first-order valence-corrected chi connectivity index (χ1v) is 14.1. The molecule has 2 aromatic heterocycles. The van der Waals surface area contributed by atoms with Crippen molar-refractivity contribution >= 4 is 16.8 Å². The average Bonchev–Trinajstić information content (AvgIpc) is 3.61. The molecular weight excluding hydrogens is 498 g/mol. The Hall–Kier alpha value is -4.16. The normalized spacial score (nSPS) is 16.1. The van der Waals surface area contributed by atoms with Gasteiger partial charge in [-0.05, 0) is 62.4 Å². The molecule has 2 aliphatic heterocycles. The van der Waals surface area contributed by atoms with Gasteiger partial charge in [-0.1, -0.05) is 60.7 Å². The summed E-state index contributed by atoms with van der Waals surface area (Å²) in [7, 11) is 0. The van der Waals surface area contributed by atoms with Crippen LogP contribution in [-0.4, -0.2) is 33.4 Å². The number of carbonyl (C=O) groups excluding carboxylic acids is 1. The number of benzene rings is 3. The maximum absolute atomic E-state index is 14.1. The number of hydrogen-bond donors (Lipinski definition) is 0. The summed E-state index contributed by atoms with van der Waals surface area (Å²) in [5.41, 5.74) is 8.06. The van der Waals surface area contributed by atoms with Gasteiger partial charge in [-0.2, -0.15) is 0 Å². The molecule has 40 heavy (non-hydrogen) atoms. The van der Waals surface area contributed by atoms with E-state index in [-0.39, 0.29) is 11.5 Å². The van der Waals surface area contributed by atoms with Crippen LogP contribution in [0.15, 0.2) is 77.2 Å². The molecule has 7 rings (SSSR count). The Morgan fingerprint density at radius 3 is 2.48 bits per heavy atom. The quantitative estimate of drug-likeness (QED) is 0.252. The van der Waals surface area contributed by atoms with E-state index in [0.717, 1.165) is 57.6 Å². The summed E-state index contributed by atoms with van der Waals surface area (Å²) >= 11 is 0. The molecule has 1 spiro atoms. The summed E-state index contributed by atoms with van der Waals surface area (Å²) in [6, 6.07) is 24.8. The highest BCUT2D eigenvalue weighted by atomic mass is 16.5. The van der Waals surface area contributed by atoms with E-state index < -0.39 is 0 Å². The molecule has 2 aliphatic rings. The highest BCUT2D eigenvalue weighted by molar-refractivity contribution is 6.08. The van der Waals surface area contributed by atoms with Gasteiger partial charge in [0.15, 0.2) is 0 Å². The van der Waals surface area contributed by atoms with Gasteiger partial charge in [-0.25, -0.2) is 4.98 Å². The van der Waals surface area contributed by atoms with Crippen molar-refractivity contribution in [1.29, 1.82) is 0 Å². The van der Waals surface area contributed by atoms with Gasteiger partial charge in [0.1, 0.15) is 11.5 Å². The van der Waals surface area contributed by atoms with E-state index >= 15 is 0 Å². The number of likely N-dealkylation sites (tertiary alicyclic amines) is 1. The summed E-state index contributed by atoms with van der Waals surface area (Å²) in [6.07, 6.45) is 1.63. The summed E-state index contributed by atoms with van der Waals surface area (Å²) in [4.78, 5) is 21.0. The largest absolute Gasteiger partial charge is 0.441 e. The van der Waals surface area contributed by atoms with Crippen LogP contribution < -0.4 is 0 Å². The summed E-state index contributed by atoms with van der Waals surface area (Å²) < 4.78 is 14.7. The number of carbonyl (C=O) groups is 1. The lowest BCUT2D eigenvalue weighted by molar-refractivity contribution is -0.0741. The second-order valence-electron chi connectivity index (χ2n) is 11.1. The average molecular weight is 532 g/mol. The molecule has 4 heterocycles. The Bertz CT molecular complexity index is 1750. The van der Waals surface area contributed by atoms with E-state index in [4.69, 9.17) is 14.1 Å². The third-order valence-electron chi connectivity index (χ3n) is 8.89. The molecule has 202 valence electrons. The summed E-state index contributed by atoms with van der Waals surface area (Å²) in [5, 5.41) is 0.980. The van der Waals surface area contributed by atoms with Crippen LogP contribution in [0.1, 0.15) is 57.0 Å². The predicted octanol–water partition coefficient (Wildman–Crippen LogP) is 6.93. The van der Waals surface area contributed by atoms with Crippen molar-refractivity contribution < 1.29 is 13.9 Å². The van der Waals surface area contributed by atoms with E-state index in [9.17, 15) is 4.79 Å². The zero-order valence-corrected chi connectivity index (χ0v) is 23.2. The molecule has 0 radical (unpaired) electrons. The van der Waals surface area contributed by atoms with Gasteiger partial charge in [-0.15, -0.1) is 0 Å². The molecule has 5 aromatic rings. The molecule has 0 saturated carbocycles. The molecule has 1 saturated heterocycles. The van der Waals surface area contributed by atoms with Gasteiger partial charge in [0.05, 0.1) is 24.3 Å². The van der Waals surface area contributed by atoms with Crippen molar-refractivity contribution in [2.75, 3.05) is 13.1 Å². The number of para-hydroxylation sites is 1. The molecule has 0 aliphatic carbocycles. The second-order valence-corrected chi connectivity index (χ2v) is 11.1. The number of rotatable bonds is 4. The lowest BCUT2D eigenvalue weighted by atomic mass is 9.83. The number of nitrogens with zero attached hydrogens (tertiary/aromatic N) is 3. The number of piperidine rings is 1. The van der Waals surface area contributed by atoms with Crippen molar-refractivity contribution in [2.45, 2.75) is 52.4 Å². The van der Waals surface area contributed by atoms with Crippen molar-refractivity contribution in [3.63, 3.8) is 0 Å². The van der Waals surface area contributed by atoms with Crippen LogP contribution in [0.4, 0.5) is 0 Å². The molecule has 6 nitrogen and oxygen atoms in total. The van der Waals surface area contributed by atoms with Crippen LogP contribution in [0.25, 0.3) is 22.4 Å². The van der Waals surface area contributed by atoms with E-state index in [1.54, 1.807) is 0 Å². The van der Waals surface area contributed by atoms with Crippen molar-refractivity contribution in [3.8, 4) is 11.5 Å². The van der Waals surface area contributed by atoms with Crippen LogP contribution in [-0.2, 0) is 23.5 Å². The number of aromatic nitrogens is 2. The standard InChI is InChI=1S/C34H33N3O3/c1-22-10-4-6-12-26(22)32-35-29(24(3)40-32)20-37-23(2)31(27-13-7-9-15-30(27)37)33(38)36-18-16-34(17-19-36)28-14-8-5-11-25(28)21-39-34/h4-15H,16-21H2,1-3H3. The van der Waals surface area contributed by atoms with Crippen LogP contribution >= 0.6 is 0 Å². The van der Waals surface area contributed by atoms with Crippen molar-refractivity contribution in [1.82, 2.24) is 14.5 Å². The maximum atomic E-state index is 14.1. The Balaban J connectivity index is 1.19. The number of ether oxygens (including phenoxy) is 1. The van der Waals surface area contributed by atoms with Gasteiger partial charge in [0.2, 0.25) is 5.89 Å². The minimum atomic E-state index is -0.268. The first-order valence-electron chi connectivity index (χ1n) is 14.1. The predicted molar refractivity (Wildman–Crippen MR) is 155 cm³/mol. The SMILES string of the molecule is Cc1ccccc1-c1nc(Cn2c(C)c(C(=O)N3CCC4(CC3)OCc3ccccc34)c3ccccc32)c(C)o1. The second kappa shape index (κ2) is 9.49. The fraction of sp³-hybridized carbons (Fsp3) is 0.294. The number of amides is 1. The van der Waals surface area contributed by atoms with Gasteiger partial charge < -0.3 is 18.6 Å². The van der Waals surface area contributed by atoms with E-state index in [1.165, 1.54) is 11.1 Å². The zero-order valence-electron chi connectivity index (χ0n) is 23.2. The van der Waals surface area contributed by atoms with Gasteiger partial charge in [0.25, 0.3) is 5.91 Å². The fourth-order valence-corrected chi connectivity index (χ4v) is 6.58. The number of hydrogen-bond acceptors (Lipinski definition) is 4. The Morgan fingerprint density at radius 2 is 1.65 bits per heavy atom. The van der Waals surface area contributed by atoms with Crippen LogP contribution in [0.2, 0.25) is 0 Å². The monoisotopic (exact) mass is 531 g/mol. The molecule has 3 aromatic carbocycles. The first-order chi connectivity index (χ1) is 19.4. The van der Waals surface area contributed by atoms with Gasteiger partial charge >= 0.3 is 0 Å². The number of aryl methyl sites for hydroxylation is 2. The van der Waals surface area contributed by atoms with E-state index in [1.807, 2.05) is 49.1 Å². The molecule has 0 unspecified atom stereocenters. The zero-order chi connectivity index (χ0) is 27.4. The lowest BCUT2D eigenvalue weighted by Gasteiger charge is -2.39. The molecule has 6 heteroatoms. The maximum Gasteiger partial charge on any atom is 0.256 e. The Morgan fingerprint density at radius 1 is 0.925 bits per heavy atom. The third kappa shape index (κ3) is 3.89. The van der Waals surface area contributed by atoms with Gasteiger partial charge in [-0.3, -0.25) is 4.79 Å². The number of fused-ring (bicyclic) bond motifs is 3. The third-order valence-corrected chi connectivity index (χ3v) is 8.89. The van der Waals surface area contributed by atoms with Crippen molar-refractivity contribution in [3.05, 3.63) is 112 Å². The van der Waals surface area contributed by atoms with E-state index in [2.05, 4.69) is 54.0 Å². The van der Waals surface area contributed by atoms with Crippen molar-refractivity contribution in [2.24, 2.45) is 0 Å². The Labute approximate surface area is 234 Å². The molecular formula is C34H33N3O3. The van der Waals surface area contributed by atoms with E-state index in [0.29, 0.717) is 32.1 Å². The fourth-order valence-electron chi connectivity index (χ4n) is 6.58. The topological polar surface area (TPSA) is 60.5 Å². The minimum Gasteiger partial charge on any atom is -0.441 e.